The SMILES string of the molecule is O=C/C=C/c1c(O)cccc1O. The van der Waals surface area contributed by atoms with Gasteiger partial charge in [-0.1, -0.05) is 6.07 Å². The van der Waals surface area contributed by atoms with E-state index in [1.54, 1.807) is 0 Å². The number of hydrogen-bond acceptors (Lipinski definition) is 3. The second-order valence-corrected chi connectivity index (χ2v) is 2.21. The van der Waals surface area contributed by atoms with Crippen molar-refractivity contribution in [1.29, 1.82) is 0 Å². The molecule has 0 aliphatic carbocycles. The molecule has 1 aromatic carbocycles. The molecule has 0 bridgehead atoms. The molecule has 0 fully saturated rings. The molecule has 0 heterocycles. The number of aldehydes is 1. The number of hydrogen-bond donors (Lipinski definition) is 2. The van der Waals surface area contributed by atoms with Crippen LogP contribution < -0.4 is 0 Å². The van der Waals surface area contributed by atoms with E-state index in [9.17, 15) is 15.0 Å². The summed E-state index contributed by atoms with van der Waals surface area (Å²) in [6.07, 6.45) is 3.12. The first-order valence-electron chi connectivity index (χ1n) is 3.38. The molecule has 0 saturated carbocycles. The van der Waals surface area contributed by atoms with E-state index in [0.717, 1.165) is 0 Å². The Morgan fingerprint density at radius 3 is 2.25 bits per heavy atom. The standard InChI is InChI=1S/C9H8O3/c10-6-2-3-7-8(11)4-1-5-9(7)12/h1-6,11-12H/b3-2+. The van der Waals surface area contributed by atoms with E-state index in [-0.39, 0.29) is 17.1 Å². The van der Waals surface area contributed by atoms with E-state index < -0.39 is 0 Å². The van der Waals surface area contributed by atoms with Crippen molar-refractivity contribution in [3.63, 3.8) is 0 Å². The Labute approximate surface area is 69.6 Å². The predicted molar refractivity (Wildman–Crippen MR) is 44.9 cm³/mol. The molecule has 0 aliphatic rings. The molecule has 62 valence electrons. The molecule has 0 aliphatic heterocycles. The van der Waals surface area contributed by atoms with Gasteiger partial charge >= 0.3 is 0 Å². The van der Waals surface area contributed by atoms with Gasteiger partial charge in [0.1, 0.15) is 17.8 Å². The Morgan fingerprint density at radius 2 is 1.75 bits per heavy atom. The third-order valence-electron chi connectivity index (χ3n) is 1.40. The van der Waals surface area contributed by atoms with Crippen molar-refractivity contribution in [3.05, 3.63) is 29.8 Å². The maximum atomic E-state index is 9.95. The highest BCUT2D eigenvalue weighted by molar-refractivity contribution is 5.77. The Hall–Kier alpha value is -1.77. The normalized spacial score (nSPS) is 10.3. The molecule has 0 aromatic heterocycles. The Morgan fingerprint density at radius 1 is 1.17 bits per heavy atom. The van der Waals surface area contributed by atoms with Crippen LogP contribution in [0.1, 0.15) is 5.56 Å². The lowest BCUT2D eigenvalue weighted by atomic mass is 10.1. The number of carbonyl (C=O) groups is 1. The summed E-state index contributed by atoms with van der Waals surface area (Å²) in [7, 11) is 0. The van der Waals surface area contributed by atoms with Crippen LogP contribution in [-0.4, -0.2) is 16.5 Å². The molecular formula is C9H8O3. The molecule has 0 amide bonds. The van der Waals surface area contributed by atoms with Gasteiger partial charge in [-0.3, -0.25) is 4.79 Å². The minimum Gasteiger partial charge on any atom is -0.507 e. The third kappa shape index (κ3) is 1.63. The molecule has 1 aromatic rings. The van der Waals surface area contributed by atoms with Crippen LogP contribution in [-0.2, 0) is 4.79 Å². The minimum absolute atomic E-state index is 0.0481. The van der Waals surface area contributed by atoms with E-state index >= 15 is 0 Å². The van der Waals surface area contributed by atoms with Gasteiger partial charge in [-0.15, -0.1) is 0 Å². The lowest BCUT2D eigenvalue weighted by Gasteiger charge is -1.99. The zero-order chi connectivity index (χ0) is 8.97. The summed E-state index contributed by atoms with van der Waals surface area (Å²) in [5, 5.41) is 18.4. The van der Waals surface area contributed by atoms with Gasteiger partial charge in [0.25, 0.3) is 0 Å². The second-order valence-electron chi connectivity index (χ2n) is 2.21. The molecular weight excluding hydrogens is 156 g/mol. The molecule has 0 radical (unpaired) electrons. The monoisotopic (exact) mass is 164 g/mol. The Kier molecular flexibility index (Phi) is 2.48. The van der Waals surface area contributed by atoms with E-state index in [2.05, 4.69) is 0 Å². The van der Waals surface area contributed by atoms with Gasteiger partial charge < -0.3 is 10.2 Å². The van der Waals surface area contributed by atoms with Crippen LogP contribution in [0.15, 0.2) is 24.3 Å². The number of phenols is 2. The van der Waals surface area contributed by atoms with E-state index in [0.29, 0.717) is 6.29 Å². The number of phenolic OH excluding ortho intramolecular Hbond substituents is 2. The minimum atomic E-state index is -0.0481. The van der Waals surface area contributed by atoms with Crippen LogP contribution in [0.3, 0.4) is 0 Å². The fourth-order valence-corrected chi connectivity index (χ4v) is 0.847. The third-order valence-corrected chi connectivity index (χ3v) is 1.40. The Balaban J connectivity index is 3.12. The number of allylic oxidation sites excluding steroid dienone is 1. The fourth-order valence-electron chi connectivity index (χ4n) is 0.847. The van der Waals surface area contributed by atoms with Crippen LogP contribution in [0, 0.1) is 0 Å². The number of rotatable bonds is 2. The number of benzene rings is 1. The van der Waals surface area contributed by atoms with Crippen molar-refractivity contribution in [2.45, 2.75) is 0 Å². The molecule has 3 heteroatoms. The molecule has 1 rings (SSSR count). The summed E-state index contributed by atoms with van der Waals surface area (Å²) >= 11 is 0. The maximum absolute atomic E-state index is 9.95. The molecule has 0 spiro atoms. The summed E-state index contributed by atoms with van der Waals surface area (Å²) in [4.78, 5) is 9.95. The molecule has 0 unspecified atom stereocenters. The van der Waals surface area contributed by atoms with Crippen molar-refractivity contribution in [2.75, 3.05) is 0 Å². The van der Waals surface area contributed by atoms with Crippen molar-refractivity contribution in [2.24, 2.45) is 0 Å². The molecule has 2 N–H and O–H groups in total. The Bertz CT molecular complexity index is 295. The predicted octanol–water partition coefficient (Wildman–Crippen LogP) is 1.31. The van der Waals surface area contributed by atoms with Crippen LogP contribution in [0.4, 0.5) is 0 Å². The van der Waals surface area contributed by atoms with E-state index in [1.165, 1.54) is 30.4 Å². The lowest BCUT2D eigenvalue weighted by Crippen LogP contribution is -1.75. The molecule has 0 saturated heterocycles. The van der Waals surface area contributed by atoms with Gasteiger partial charge in [0.05, 0.1) is 5.56 Å². The van der Waals surface area contributed by atoms with Gasteiger partial charge in [0.15, 0.2) is 0 Å². The summed E-state index contributed by atoms with van der Waals surface area (Å²) in [6.45, 7) is 0. The van der Waals surface area contributed by atoms with E-state index in [1.807, 2.05) is 0 Å². The first-order valence-corrected chi connectivity index (χ1v) is 3.38. The van der Waals surface area contributed by atoms with E-state index in [4.69, 9.17) is 0 Å². The van der Waals surface area contributed by atoms with Crippen molar-refractivity contribution < 1.29 is 15.0 Å². The lowest BCUT2D eigenvalue weighted by molar-refractivity contribution is -0.104. The number of aromatic hydroxyl groups is 2. The summed E-state index contributed by atoms with van der Waals surface area (Å²) < 4.78 is 0. The average Bonchev–Trinajstić information content (AvgIpc) is 2.04. The van der Waals surface area contributed by atoms with Gasteiger partial charge in [-0.25, -0.2) is 0 Å². The smallest absolute Gasteiger partial charge is 0.142 e. The molecule has 12 heavy (non-hydrogen) atoms. The largest absolute Gasteiger partial charge is 0.507 e. The second kappa shape index (κ2) is 3.57. The zero-order valence-corrected chi connectivity index (χ0v) is 6.27. The highest BCUT2D eigenvalue weighted by atomic mass is 16.3. The summed E-state index contributed by atoms with van der Waals surface area (Å²) in [5.41, 5.74) is 0.254. The average molecular weight is 164 g/mol. The van der Waals surface area contributed by atoms with Crippen LogP contribution in [0.2, 0.25) is 0 Å². The van der Waals surface area contributed by atoms with Gasteiger partial charge in [-0.05, 0) is 24.3 Å². The maximum Gasteiger partial charge on any atom is 0.142 e. The quantitative estimate of drug-likeness (QED) is 0.511. The van der Waals surface area contributed by atoms with Crippen LogP contribution in [0.25, 0.3) is 6.08 Å². The fraction of sp³-hybridized carbons (Fsp3) is 0. The first kappa shape index (κ1) is 8.33. The summed E-state index contributed by atoms with van der Waals surface area (Å²) in [6, 6.07) is 4.39. The topological polar surface area (TPSA) is 57.5 Å². The zero-order valence-electron chi connectivity index (χ0n) is 6.27. The molecule has 3 nitrogen and oxygen atoms in total. The van der Waals surface area contributed by atoms with Crippen LogP contribution in [0.5, 0.6) is 11.5 Å². The van der Waals surface area contributed by atoms with Crippen LogP contribution >= 0.6 is 0 Å². The summed E-state index contributed by atoms with van der Waals surface area (Å²) in [5.74, 6) is -0.0961. The van der Waals surface area contributed by atoms with Gasteiger partial charge in [-0.2, -0.15) is 0 Å². The van der Waals surface area contributed by atoms with Crippen molar-refractivity contribution in [3.8, 4) is 11.5 Å². The van der Waals surface area contributed by atoms with Crippen molar-refractivity contribution in [1.82, 2.24) is 0 Å². The van der Waals surface area contributed by atoms with Gasteiger partial charge in [0, 0.05) is 0 Å². The van der Waals surface area contributed by atoms with Crippen molar-refractivity contribution >= 4 is 12.4 Å². The van der Waals surface area contributed by atoms with Gasteiger partial charge in [0.2, 0.25) is 0 Å². The molecule has 0 atom stereocenters. The highest BCUT2D eigenvalue weighted by Crippen LogP contribution is 2.27. The first-order chi connectivity index (χ1) is 5.75. The number of carbonyl (C=O) groups excluding carboxylic acids is 1. The highest BCUT2D eigenvalue weighted by Gasteiger charge is 2.01.